The van der Waals surface area contributed by atoms with E-state index in [1.165, 1.54) is 6.07 Å². The summed E-state index contributed by atoms with van der Waals surface area (Å²) in [6.07, 6.45) is 3.12. The normalized spacial score (nSPS) is 12.2. The maximum Gasteiger partial charge on any atom is 0.335 e. The number of benzene rings is 1. The van der Waals surface area contributed by atoms with Crippen molar-refractivity contribution in [2.45, 2.75) is 18.6 Å². The van der Waals surface area contributed by atoms with Gasteiger partial charge in [-0.15, -0.1) is 0 Å². The van der Waals surface area contributed by atoms with Crippen LogP contribution in [0.2, 0.25) is 5.02 Å². The first-order valence-corrected chi connectivity index (χ1v) is 7.00. The maximum absolute atomic E-state index is 10.7. The predicted molar refractivity (Wildman–Crippen MR) is 74.5 cm³/mol. The zero-order valence-electron chi connectivity index (χ0n) is 9.87. The third-order valence-electron chi connectivity index (χ3n) is 2.48. The third kappa shape index (κ3) is 4.48. The second-order valence-electron chi connectivity index (χ2n) is 3.76. The minimum Gasteiger partial charge on any atom is -0.478 e. The van der Waals surface area contributed by atoms with E-state index >= 15 is 0 Å². The molecule has 2 N–H and O–H groups in total. The highest BCUT2D eigenvalue weighted by Crippen LogP contribution is 2.23. The monoisotopic (exact) mass is 273 g/mol. The van der Waals surface area contributed by atoms with E-state index in [1.807, 2.05) is 11.8 Å². The van der Waals surface area contributed by atoms with Gasteiger partial charge < -0.3 is 10.4 Å². The van der Waals surface area contributed by atoms with E-state index in [4.69, 9.17) is 16.7 Å². The summed E-state index contributed by atoms with van der Waals surface area (Å²) in [6.45, 7) is 3.00. The van der Waals surface area contributed by atoms with E-state index in [0.717, 1.165) is 18.7 Å². The highest BCUT2D eigenvalue weighted by molar-refractivity contribution is 7.99. The maximum atomic E-state index is 10.7. The Bertz CT molecular complexity index is 398. The highest BCUT2D eigenvalue weighted by atomic mass is 35.5. The molecule has 17 heavy (non-hydrogen) atoms. The number of halogens is 1. The summed E-state index contributed by atoms with van der Waals surface area (Å²) >= 11 is 7.81. The predicted octanol–water partition coefficient (Wildman–Crippen LogP) is 3.59. The minimum absolute atomic E-state index is 0.207. The standard InChI is InChI=1S/C12H16ClNO2S/c1-8(17-2)5-6-14-11-4-3-9(12(15)16)7-10(11)13/h3-4,7-8,14H,5-6H2,1-2H3,(H,15,16). The molecule has 5 heteroatoms. The molecule has 0 radical (unpaired) electrons. The zero-order valence-corrected chi connectivity index (χ0v) is 11.4. The van der Waals surface area contributed by atoms with Crippen molar-refractivity contribution in [1.82, 2.24) is 0 Å². The van der Waals surface area contributed by atoms with Crippen molar-refractivity contribution in [3.05, 3.63) is 28.8 Å². The molecule has 94 valence electrons. The van der Waals surface area contributed by atoms with Crippen LogP contribution in [0, 0.1) is 0 Å². The Kier molecular flexibility index (Phi) is 5.65. The number of hydrogen-bond donors (Lipinski definition) is 2. The van der Waals surface area contributed by atoms with Crippen molar-refractivity contribution in [1.29, 1.82) is 0 Å². The number of carboxylic acids is 1. The van der Waals surface area contributed by atoms with Crippen LogP contribution in [0.4, 0.5) is 5.69 Å². The van der Waals surface area contributed by atoms with Crippen molar-refractivity contribution in [3.8, 4) is 0 Å². The Hall–Kier alpha value is -0.870. The first-order valence-electron chi connectivity index (χ1n) is 5.34. The van der Waals surface area contributed by atoms with E-state index in [1.54, 1.807) is 12.1 Å². The number of aromatic carboxylic acids is 1. The molecule has 0 heterocycles. The van der Waals surface area contributed by atoms with Crippen LogP contribution < -0.4 is 5.32 Å². The molecule has 0 spiro atoms. The van der Waals surface area contributed by atoms with Gasteiger partial charge in [-0.25, -0.2) is 4.79 Å². The summed E-state index contributed by atoms with van der Waals surface area (Å²) in [4.78, 5) is 10.7. The van der Waals surface area contributed by atoms with E-state index in [0.29, 0.717) is 10.3 Å². The summed E-state index contributed by atoms with van der Waals surface area (Å²) in [5, 5.41) is 13.0. The van der Waals surface area contributed by atoms with Crippen LogP contribution in [0.25, 0.3) is 0 Å². The van der Waals surface area contributed by atoms with Gasteiger partial charge in [0, 0.05) is 11.8 Å². The smallest absolute Gasteiger partial charge is 0.335 e. The minimum atomic E-state index is -0.963. The zero-order chi connectivity index (χ0) is 12.8. The summed E-state index contributed by atoms with van der Waals surface area (Å²) in [5.41, 5.74) is 0.989. The lowest BCUT2D eigenvalue weighted by Gasteiger charge is -2.11. The molecular formula is C12H16ClNO2S. The van der Waals surface area contributed by atoms with Gasteiger partial charge in [-0.1, -0.05) is 18.5 Å². The van der Waals surface area contributed by atoms with Gasteiger partial charge in [0.05, 0.1) is 16.3 Å². The van der Waals surface area contributed by atoms with E-state index in [-0.39, 0.29) is 5.56 Å². The number of rotatable bonds is 6. The summed E-state index contributed by atoms with van der Waals surface area (Å²) in [6, 6.07) is 4.72. The number of thioether (sulfide) groups is 1. The quantitative estimate of drug-likeness (QED) is 0.832. The van der Waals surface area contributed by atoms with E-state index in [9.17, 15) is 4.79 Å². The average Bonchev–Trinajstić information content (AvgIpc) is 2.30. The van der Waals surface area contributed by atoms with Crippen LogP contribution in [0.1, 0.15) is 23.7 Å². The van der Waals surface area contributed by atoms with Gasteiger partial charge in [0.2, 0.25) is 0 Å². The fourth-order valence-corrected chi connectivity index (χ4v) is 1.92. The number of carbonyl (C=O) groups is 1. The lowest BCUT2D eigenvalue weighted by atomic mass is 10.2. The van der Waals surface area contributed by atoms with Gasteiger partial charge in [0.25, 0.3) is 0 Å². The van der Waals surface area contributed by atoms with Gasteiger partial charge >= 0.3 is 5.97 Å². The molecule has 1 atom stereocenters. The fourth-order valence-electron chi connectivity index (χ4n) is 1.32. The van der Waals surface area contributed by atoms with Gasteiger partial charge in [-0.2, -0.15) is 11.8 Å². The SMILES string of the molecule is CSC(C)CCNc1ccc(C(=O)O)cc1Cl. The molecule has 1 unspecified atom stereocenters. The Labute approximate surface area is 111 Å². The summed E-state index contributed by atoms with van der Waals surface area (Å²) in [7, 11) is 0. The van der Waals surface area contributed by atoms with Crippen molar-refractivity contribution >= 4 is 35.0 Å². The van der Waals surface area contributed by atoms with Crippen LogP contribution in [-0.4, -0.2) is 29.1 Å². The molecule has 0 aliphatic rings. The summed E-state index contributed by atoms with van der Waals surface area (Å²) < 4.78 is 0. The van der Waals surface area contributed by atoms with E-state index < -0.39 is 5.97 Å². The summed E-state index contributed by atoms with van der Waals surface area (Å²) in [5.74, 6) is -0.963. The van der Waals surface area contributed by atoms with Crippen molar-refractivity contribution < 1.29 is 9.90 Å². The molecule has 0 aromatic heterocycles. The van der Waals surface area contributed by atoms with Crippen molar-refractivity contribution in [2.24, 2.45) is 0 Å². The van der Waals surface area contributed by atoms with Crippen LogP contribution in [0.3, 0.4) is 0 Å². The van der Waals surface area contributed by atoms with E-state index in [2.05, 4.69) is 18.5 Å². The molecule has 0 saturated carbocycles. The Morgan fingerprint density at radius 2 is 2.29 bits per heavy atom. The molecule has 0 aliphatic carbocycles. The average molecular weight is 274 g/mol. The molecule has 0 aliphatic heterocycles. The number of nitrogens with one attached hydrogen (secondary N) is 1. The van der Waals surface area contributed by atoms with Gasteiger partial charge in [0.1, 0.15) is 0 Å². The Balaban J connectivity index is 2.57. The topological polar surface area (TPSA) is 49.3 Å². The van der Waals surface area contributed by atoms with Crippen molar-refractivity contribution in [3.63, 3.8) is 0 Å². The van der Waals surface area contributed by atoms with Crippen LogP contribution in [0.5, 0.6) is 0 Å². The molecule has 0 fully saturated rings. The van der Waals surface area contributed by atoms with Gasteiger partial charge in [-0.3, -0.25) is 0 Å². The number of anilines is 1. The van der Waals surface area contributed by atoms with Crippen LogP contribution in [-0.2, 0) is 0 Å². The Morgan fingerprint density at radius 3 is 2.82 bits per heavy atom. The van der Waals surface area contributed by atoms with Gasteiger partial charge in [0.15, 0.2) is 0 Å². The molecule has 0 amide bonds. The lowest BCUT2D eigenvalue weighted by molar-refractivity contribution is 0.0697. The fraction of sp³-hybridized carbons (Fsp3) is 0.417. The van der Waals surface area contributed by atoms with Gasteiger partial charge in [-0.05, 0) is 30.9 Å². The first kappa shape index (κ1) is 14.2. The number of hydrogen-bond acceptors (Lipinski definition) is 3. The molecule has 3 nitrogen and oxygen atoms in total. The lowest BCUT2D eigenvalue weighted by Crippen LogP contribution is -2.08. The molecule has 1 aromatic carbocycles. The largest absolute Gasteiger partial charge is 0.478 e. The second-order valence-corrected chi connectivity index (χ2v) is 5.44. The molecule has 0 bridgehead atoms. The first-order chi connectivity index (χ1) is 8.04. The number of carboxylic acid groups (broad SMARTS) is 1. The second kappa shape index (κ2) is 6.77. The van der Waals surface area contributed by atoms with Crippen LogP contribution >= 0.6 is 23.4 Å². The van der Waals surface area contributed by atoms with Crippen LogP contribution in [0.15, 0.2) is 18.2 Å². The highest BCUT2D eigenvalue weighted by Gasteiger charge is 2.07. The molecule has 0 saturated heterocycles. The molecular weight excluding hydrogens is 258 g/mol. The Morgan fingerprint density at radius 1 is 1.59 bits per heavy atom. The molecule has 1 aromatic rings. The molecule has 1 rings (SSSR count). The third-order valence-corrected chi connectivity index (χ3v) is 3.84. The van der Waals surface area contributed by atoms with Crippen molar-refractivity contribution in [2.75, 3.05) is 18.1 Å².